The number of carbonyl (C=O) groups is 2. The van der Waals surface area contributed by atoms with Crippen LogP contribution >= 0.6 is 11.6 Å². The minimum atomic E-state index is -3.72. The number of carbonyl (C=O) groups excluding carboxylic acids is 2. The van der Waals surface area contributed by atoms with Crippen molar-refractivity contribution in [3.63, 3.8) is 0 Å². The Bertz CT molecular complexity index is 1060. The lowest BCUT2D eigenvalue weighted by atomic mass is 9.97. The minimum Gasteiger partial charge on any atom is -0.492 e. The van der Waals surface area contributed by atoms with Crippen LogP contribution in [-0.4, -0.2) is 44.2 Å². The first kappa shape index (κ1) is 23.1. The normalized spacial score (nSPS) is 15.4. The minimum absolute atomic E-state index is 0.0957. The molecule has 1 heterocycles. The smallest absolute Gasteiger partial charge is 0.248 e. The maximum absolute atomic E-state index is 13.0. The van der Waals surface area contributed by atoms with E-state index in [1.54, 1.807) is 18.2 Å². The average molecular weight is 466 g/mol. The van der Waals surface area contributed by atoms with Gasteiger partial charge in [-0.25, -0.2) is 8.42 Å². The second-order valence-corrected chi connectivity index (χ2v) is 9.48. The molecule has 0 spiro atoms. The molecule has 31 heavy (non-hydrogen) atoms. The van der Waals surface area contributed by atoms with Gasteiger partial charge in [0.15, 0.2) is 0 Å². The molecule has 2 aromatic rings. The molecule has 1 aliphatic heterocycles. The SMILES string of the molecule is CCOc1ccc(S(=O)(=O)N2CCC(C(=O)Nc3ccc(C(N)=O)cc3)CC2)cc1Cl. The third-order valence-electron chi connectivity index (χ3n) is 5.10. The van der Waals surface area contributed by atoms with Crippen molar-refractivity contribution in [3.05, 3.63) is 53.1 Å². The van der Waals surface area contributed by atoms with Gasteiger partial charge in [0.2, 0.25) is 21.8 Å². The number of hydrogen-bond acceptors (Lipinski definition) is 5. The van der Waals surface area contributed by atoms with Gasteiger partial charge in [0.1, 0.15) is 5.75 Å². The standard InChI is InChI=1S/C21H24ClN3O5S/c1-2-30-19-8-7-17(13-18(19)22)31(28,29)25-11-9-15(10-12-25)21(27)24-16-5-3-14(4-6-16)20(23)26/h3-8,13,15H,2,9-12H2,1H3,(H2,23,26)(H,24,27). The van der Waals surface area contributed by atoms with Crippen LogP contribution in [0.25, 0.3) is 0 Å². The van der Waals surface area contributed by atoms with Crippen LogP contribution in [0.1, 0.15) is 30.1 Å². The molecule has 0 bridgehead atoms. The Morgan fingerprint density at radius 3 is 2.35 bits per heavy atom. The predicted octanol–water partition coefficient (Wildman–Crippen LogP) is 2.88. The average Bonchev–Trinajstić information content (AvgIpc) is 2.75. The number of halogens is 1. The summed E-state index contributed by atoms with van der Waals surface area (Å²) in [5, 5.41) is 3.03. The summed E-state index contributed by atoms with van der Waals surface area (Å²) in [6.45, 7) is 2.70. The second kappa shape index (κ2) is 9.67. The monoisotopic (exact) mass is 465 g/mol. The maximum Gasteiger partial charge on any atom is 0.248 e. The van der Waals surface area contributed by atoms with Crippen molar-refractivity contribution in [2.45, 2.75) is 24.7 Å². The molecule has 166 valence electrons. The zero-order valence-corrected chi connectivity index (χ0v) is 18.6. The lowest BCUT2D eigenvalue weighted by Crippen LogP contribution is -2.41. The number of sulfonamides is 1. The van der Waals surface area contributed by atoms with Crippen LogP contribution in [0.5, 0.6) is 5.75 Å². The summed E-state index contributed by atoms with van der Waals surface area (Å²) in [6, 6.07) is 10.7. The van der Waals surface area contributed by atoms with E-state index in [9.17, 15) is 18.0 Å². The van der Waals surface area contributed by atoms with Gasteiger partial charge in [0.25, 0.3) is 0 Å². The van der Waals surface area contributed by atoms with Gasteiger partial charge in [-0.1, -0.05) is 11.6 Å². The molecule has 3 rings (SSSR count). The van der Waals surface area contributed by atoms with Crippen LogP contribution in [0, 0.1) is 5.92 Å². The van der Waals surface area contributed by atoms with E-state index in [4.69, 9.17) is 22.1 Å². The zero-order chi connectivity index (χ0) is 22.6. The van der Waals surface area contributed by atoms with Crippen LogP contribution in [0.4, 0.5) is 5.69 Å². The Morgan fingerprint density at radius 2 is 1.81 bits per heavy atom. The summed E-state index contributed by atoms with van der Waals surface area (Å²) in [5.41, 5.74) is 6.11. The number of piperidine rings is 1. The van der Waals surface area contributed by atoms with Crippen LogP contribution < -0.4 is 15.8 Å². The van der Waals surface area contributed by atoms with Gasteiger partial charge >= 0.3 is 0 Å². The molecule has 3 N–H and O–H groups in total. The van der Waals surface area contributed by atoms with Crippen LogP contribution in [-0.2, 0) is 14.8 Å². The van der Waals surface area contributed by atoms with Gasteiger partial charge in [-0.05, 0) is 62.2 Å². The predicted molar refractivity (Wildman–Crippen MR) is 118 cm³/mol. The number of anilines is 1. The van der Waals surface area contributed by atoms with E-state index in [1.165, 1.54) is 28.6 Å². The number of hydrogen-bond donors (Lipinski definition) is 2. The van der Waals surface area contributed by atoms with E-state index in [-0.39, 0.29) is 34.8 Å². The third kappa shape index (κ3) is 5.36. The summed E-state index contributed by atoms with van der Waals surface area (Å²) in [7, 11) is -3.72. The topological polar surface area (TPSA) is 119 Å². The maximum atomic E-state index is 13.0. The van der Waals surface area contributed by atoms with E-state index < -0.39 is 15.9 Å². The lowest BCUT2D eigenvalue weighted by Gasteiger charge is -2.30. The van der Waals surface area contributed by atoms with Gasteiger partial charge in [-0.3, -0.25) is 9.59 Å². The highest BCUT2D eigenvalue weighted by Gasteiger charge is 2.32. The molecule has 0 unspecified atom stereocenters. The Morgan fingerprint density at radius 1 is 1.16 bits per heavy atom. The van der Waals surface area contributed by atoms with Gasteiger partial charge in [-0.2, -0.15) is 4.31 Å². The lowest BCUT2D eigenvalue weighted by molar-refractivity contribution is -0.120. The molecule has 1 saturated heterocycles. The molecule has 0 aromatic heterocycles. The van der Waals surface area contributed by atoms with Crippen molar-refractivity contribution in [3.8, 4) is 5.75 Å². The fraction of sp³-hybridized carbons (Fsp3) is 0.333. The second-order valence-electron chi connectivity index (χ2n) is 7.13. The fourth-order valence-electron chi connectivity index (χ4n) is 3.38. The summed E-state index contributed by atoms with van der Waals surface area (Å²) < 4.78 is 32.6. The molecular formula is C21H24ClN3O5S. The Hall–Kier alpha value is -2.62. The van der Waals surface area contributed by atoms with Gasteiger partial charge in [-0.15, -0.1) is 0 Å². The van der Waals surface area contributed by atoms with E-state index in [0.29, 0.717) is 36.4 Å². The highest BCUT2D eigenvalue weighted by molar-refractivity contribution is 7.89. The van der Waals surface area contributed by atoms with Gasteiger partial charge in [0.05, 0.1) is 16.5 Å². The Balaban J connectivity index is 1.61. The molecule has 0 saturated carbocycles. The third-order valence-corrected chi connectivity index (χ3v) is 7.29. The molecule has 0 atom stereocenters. The zero-order valence-electron chi connectivity index (χ0n) is 17.0. The number of nitrogens with zero attached hydrogens (tertiary/aromatic N) is 1. The number of primary amides is 1. The Kier molecular flexibility index (Phi) is 7.19. The van der Waals surface area contributed by atoms with Crippen molar-refractivity contribution < 1.29 is 22.7 Å². The molecule has 8 nitrogen and oxygen atoms in total. The van der Waals surface area contributed by atoms with E-state index in [1.807, 2.05) is 6.92 Å². The number of amides is 2. The highest BCUT2D eigenvalue weighted by atomic mass is 35.5. The van der Waals surface area contributed by atoms with E-state index >= 15 is 0 Å². The van der Waals surface area contributed by atoms with Crippen molar-refractivity contribution in [1.82, 2.24) is 4.31 Å². The summed E-state index contributed by atoms with van der Waals surface area (Å²) in [5.74, 6) is -0.609. The first-order valence-corrected chi connectivity index (χ1v) is 11.7. The Labute approximate surface area is 186 Å². The molecule has 2 amide bonds. The number of nitrogens with two attached hydrogens (primary N) is 1. The van der Waals surface area contributed by atoms with Crippen LogP contribution in [0.3, 0.4) is 0 Å². The molecule has 0 aliphatic carbocycles. The molecule has 1 aliphatic rings. The van der Waals surface area contributed by atoms with Crippen molar-refractivity contribution in [2.24, 2.45) is 11.7 Å². The fourth-order valence-corrected chi connectivity index (χ4v) is 5.18. The van der Waals surface area contributed by atoms with E-state index in [2.05, 4.69) is 5.32 Å². The number of ether oxygens (including phenoxy) is 1. The summed E-state index contributed by atoms with van der Waals surface area (Å²) in [4.78, 5) is 23.8. The first-order chi connectivity index (χ1) is 14.7. The number of nitrogens with one attached hydrogen (secondary N) is 1. The molecule has 10 heteroatoms. The van der Waals surface area contributed by atoms with Crippen molar-refractivity contribution >= 4 is 39.1 Å². The van der Waals surface area contributed by atoms with Gasteiger partial charge in [0, 0.05) is 30.3 Å². The van der Waals surface area contributed by atoms with Crippen molar-refractivity contribution in [2.75, 3.05) is 25.0 Å². The quantitative estimate of drug-likeness (QED) is 0.651. The van der Waals surface area contributed by atoms with Crippen molar-refractivity contribution in [1.29, 1.82) is 0 Å². The van der Waals surface area contributed by atoms with Crippen LogP contribution in [0.15, 0.2) is 47.4 Å². The van der Waals surface area contributed by atoms with Gasteiger partial charge < -0.3 is 15.8 Å². The molecule has 1 fully saturated rings. The van der Waals surface area contributed by atoms with Crippen LogP contribution in [0.2, 0.25) is 5.02 Å². The molecule has 0 radical (unpaired) electrons. The molecule has 2 aromatic carbocycles. The summed E-state index contributed by atoms with van der Waals surface area (Å²) >= 11 is 6.14. The first-order valence-electron chi connectivity index (χ1n) is 9.85. The summed E-state index contributed by atoms with van der Waals surface area (Å²) in [6.07, 6.45) is 0.796. The van der Waals surface area contributed by atoms with E-state index in [0.717, 1.165) is 0 Å². The highest BCUT2D eigenvalue weighted by Crippen LogP contribution is 2.30. The largest absolute Gasteiger partial charge is 0.492 e. The number of benzene rings is 2. The molecular weight excluding hydrogens is 442 g/mol. The number of rotatable bonds is 7.